The topological polar surface area (TPSA) is 38.4 Å². The van der Waals surface area contributed by atoms with Crippen molar-refractivity contribution in [1.82, 2.24) is 0 Å². The Bertz CT molecular complexity index is 2200. The summed E-state index contributed by atoms with van der Waals surface area (Å²) in [5.41, 5.74) is 17.0. The average Bonchev–Trinajstić information content (AvgIpc) is 3.27. The highest BCUT2D eigenvalue weighted by Gasteiger charge is 2.37. The van der Waals surface area contributed by atoms with Crippen molar-refractivity contribution in [2.75, 3.05) is 5.73 Å². The van der Waals surface area contributed by atoms with Crippen LogP contribution in [0.3, 0.4) is 0 Å². The van der Waals surface area contributed by atoms with Gasteiger partial charge >= 0.3 is 0 Å². The normalized spacial score (nSPS) is 13.6. The molecule has 2 N–H and O–H groups in total. The minimum Gasteiger partial charge on any atom is -0.397 e. The number of para-hydroxylation sites is 2. The Kier molecular flexibility index (Phi) is 5.74. The molecule has 0 aliphatic heterocycles. The maximum atomic E-state index is 6.18. The Hall–Kier alpha value is -5.21. The Balaban J connectivity index is 1.42. The van der Waals surface area contributed by atoms with Crippen LogP contribution in [-0.2, 0) is 11.8 Å². The van der Waals surface area contributed by atoms with Crippen molar-refractivity contribution >= 4 is 49.9 Å². The number of hydrogen-bond acceptors (Lipinski definition) is 2. The molecule has 8 rings (SSSR count). The van der Waals surface area contributed by atoms with E-state index in [-0.39, 0.29) is 5.41 Å². The molecular formula is C41H32N2. The molecule has 2 heteroatoms. The van der Waals surface area contributed by atoms with Crippen LogP contribution in [0.15, 0.2) is 132 Å². The summed E-state index contributed by atoms with van der Waals surface area (Å²) in [6, 6.07) is 45.9. The quantitative estimate of drug-likeness (QED) is 0.132. The monoisotopic (exact) mass is 552 g/mol. The van der Waals surface area contributed by atoms with Crippen molar-refractivity contribution in [3.05, 3.63) is 144 Å². The van der Waals surface area contributed by atoms with Gasteiger partial charge in [-0.15, -0.1) is 0 Å². The molecule has 0 amide bonds. The number of nitrogens with two attached hydrogens (primary N) is 1. The van der Waals surface area contributed by atoms with E-state index in [9.17, 15) is 0 Å². The number of hydrogen-bond donors (Lipinski definition) is 1. The van der Waals surface area contributed by atoms with Crippen LogP contribution in [0.4, 0.5) is 11.4 Å². The minimum absolute atomic E-state index is 0.0913. The predicted molar refractivity (Wildman–Crippen MR) is 185 cm³/mol. The van der Waals surface area contributed by atoms with E-state index in [1.54, 1.807) is 0 Å². The zero-order chi connectivity index (χ0) is 29.1. The van der Waals surface area contributed by atoms with Gasteiger partial charge in [-0.05, 0) is 89.5 Å². The molecule has 0 radical (unpaired) electrons. The summed E-state index contributed by atoms with van der Waals surface area (Å²) in [7, 11) is 0. The van der Waals surface area contributed by atoms with Crippen molar-refractivity contribution in [3.8, 4) is 22.3 Å². The van der Waals surface area contributed by atoms with Gasteiger partial charge in [0.05, 0.1) is 11.4 Å². The van der Waals surface area contributed by atoms with Crippen molar-refractivity contribution in [2.45, 2.75) is 25.7 Å². The number of nitrogens with zero attached hydrogens (tertiary/aromatic N) is 1. The predicted octanol–water partition coefficient (Wildman–Crippen LogP) is 10.6. The number of anilines is 1. The third-order valence-electron chi connectivity index (χ3n) is 9.36. The molecule has 0 unspecified atom stereocenters. The van der Waals surface area contributed by atoms with Crippen LogP contribution in [0, 0.1) is 0 Å². The second-order valence-corrected chi connectivity index (χ2v) is 12.1. The van der Waals surface area contributed by atoms with Gasteiger partial charge in [-0.3, -0.25) is 4.99 Å². The fourth-order valence-electron chi connectivity index (χ4n) is 7.33. The van der Waals surface area contributed by atoms with Crippen LogP contribution in [0.25, 0.3) is 54.6 Å². The number of fused-ring (bicyclic) bond motifs is 7. The molecule has 1 aliphatic carbocycles. The molecule has 206 valence electrons. The van der Waals surface area contributed by atoms with Gasteiger partial charge in [-0.2, -0.15) is 0 Å². The first-order valence-corrected chi connectivity index (χ1v) is 15.0. The highest BCUT2D eigenvalue weighted by atomic mass is 14.8. The molecular weight excluding hydrogens is 520 g/mol. The third-order valence-corrected chi connectivity index (χ3v) is 9.36. The highest BCUT2D eigenvalue weighted by molar-refractivity contribution is 6.20. The van der Waals surface area contributed by atoms with Crippen molar-refractivity contribution in [1.29, 1.82) is 0 Å². The molecule has 0 bridgehead atoms. The van der Waals surface area contributed by atoms with Crippen LogP contribution >= 0.6 is 0 Å². The summed E-state index contributed by atoms with van der Waals surface area (Å²) < 4.78 is 0. The summed E-state index contributed by atoms with van der Waals surface area (Å²) in [6.07, 6.45) is 2.72. The maximum Gasteiger partial charge on any atom is 0.0855 e. The Morgan fingerprint density at radius 1 is 0.558 bits per heavy atom. The first kappa shape index (κ1) is 25.5. The summed E-state index contributed by atoms with van der Waals surface area (Å²) in [6.45, 7) is 4.74. The average molecular weight is 553 g/mol. The lowest BCUT2D eigenvalue weighted by Crippen LogP contribution is -2.15. The van der Waals surface area contributed by atoms with E-state index in [1.165, 1.54) is 71.3 Å². The summed E-state index contributed by atoms with van der Waals surface area (Å²) in [4.78, 5) is 4.76. The molecule has 0 aromatic heterocycles. The Labute approximate surface area is 252 Å². The van der Waals surface area contributed by atoms with E-state index in [1.807, 2.05) is 30.5 Å². The van der Waals surface area contributed by atoms with Gasteiger partial charge in [-0.1, -0.05) is 123 Å². The lowest BCUT2D eigenvalue weighted by Gasteiger charge is -2.24. The highest BCUT2D eigenvalue weighted by Crippen LogP contribution is 2.54. The van der Waals surface area contributed by atoms with E-state index < -0.39 is 0 Å². The summed E-state index contributed by atoms with van der Waals surface area (Å²) in [5, 5.41) is 7.66. The number of rotatable bonds is 4. The van der Waals surface area contributed by atoms with E-state index in [0.717, 1.165) is 5.69 Å². The standard InChI is InChI=1S/C41H32N2/c1-41(2)35-20-10-9-19-33(35)40-32-18-8-5-15-28(32)34(25-36(40)41)39-30-16-6-3-13-26(30)29(27-14-4-7-17-31(27)39)23-24-43-38-22-12-11-21-37(38)42/h3-22,24-25H,23,42H2,1-2H3. The Morgan fingerprint density at radius 2 is 1.09 bits per heavy atom. The smallest absolute Gasteiger partial charge is 0.0855 e. The minimum atomic E-state index is -0.0913. The van der Waals surface area contributed by atoms with Crippen molar-refractivity contribution in [3.63, 3.8) is 0 Å². The molecule has 7 aromatic rings. The maximum absolute atomic E-state index is 6.18. The molecule has 0 heterocycles. The lowest BCUT2D eigenvalue weighted by atomic mass is 9.79. The first-order chi connectivity index (χ1) is 21.0. The fourth-order valence-corrected chi connectivity index (χ4v) is 7.33. The largest absolute Gasteiger partial charge is 0.397 e. The van der Waals surface area contributed by atoms with Crippen LogP contribution in [0.1, 0.15) is 30.5 Å². The molecule has 7 aromatic carbocycles. The SMILES string of the molecule is CC1(C)c2ccccc2-c2c1cc(-c1c3ccccc3c(CC=Nc3ccccc3N)c3ccccc13)c1ccccc21. The van der Waals surface area contributed by atoms with Crippen molar-refractivity contribution < 1.29 is 0 Å². The van der Waals surface area contributed by atoms with Gasteiger partial charge in [0.15, 0.2) is 0 Å². The van der Waals surface area contributed by atoms with Crippen LogP contribution in [-0.4, -0.2) is 6.21 Å². The van der Waals surface area contributed by atoms with Gasteiger partial charge in [0.1, 0.15) is 0 Å². The van der Waals surface area contributed by atoms with Crippen molar-refractivity contribution in [2.24, 2.45) is 4.99 Å². The number of aliphatic imine (C=N–C) groups is 1. The van der Waals surface area contributed by atoms with Crippen LogP contribution in [0.2, 0.25) is 0 Å². The summed E-state index contributed by atoms with van der Waals surface area (Å²) in [5.74, 6) is 0. The number of nitrogen functional groups attached to an aromatic ring is 1. The van der Waals surface area contributed by atoms with Gasteiger partial charge in [0.2, 0.25) is 0 Å². The molecule has 0 spiro atoms. The molecule has 0 atom stereocenters. The summed E-state index contributed by atoms with van der Waals surface area (Å²) >= 11 is 0. The van der Waals surface area contributed by atoms with Gasteiger partial charge in [0.25, 0.3) is 0 Å². The van der Waals surface area contributed by atoms with E-state index >= 15 is 0 Å². The van der Waals surface area contributed by atoms with Crippen LogP contribution in [0.5, 0.6) is 0 Å². The van der Waals surface area contributed by atoms with Gasteiger partial charge < -0.3 is 5.73 Å². The molecule has 0 saturated carbocycles. The second kappa shape index (κ2) is 9.68. The molecule has 0 saturated heterocycles. The lowest BCUT2D eigenvalue weighted by molar-refractivity contribution is 0.661. The molecule has 43 heavy (non-hydrogen) atoms. The van der Waals surface area contributed by atoms with Crippen LogP contribution < -0.4 is 5.73 Å². The second-order valence-electron chi connectivity index (χ2n) is 12.1. The third kappa shape index (κ3) is 3.83. The van der Waals surface area contributed by atoms with E-state index in [0.29, 0.717) is 12.1 Å². The van der Waals surface area contributed by atoms with Gasteiger partial charge in [-0.25, -0.2) is 0 Å². The zero-order valence-electron chi connectivity index (χ0n) is 24.4. The first-order valence-electron chi connectivity index (χ1n) is 15.0. The fraction of sp³-hybridized carbons (Fsp3) is 0.0976. The molecule has 0 fully saturated rings. The van der Waals surface area contributed by atoms with E-state index in [2.05, 4.69) is 117 Å². The van der Waals surface area contributed by atoms with E-state index in [4.69, 9.17) is 10.7 Å². The Morgan fingerprint density at radius 3 is 1.77 bits per heavy atom. The molecule has 2 nitrogen and oxygen atoms in total. The van der Waals surface area contributed by atoms with Gasteiger partial charge in [0, 0.05) is 18.1 Å². The molecule has 1 aliphatic rings. The zero-order valence-corrected chi connectivity index (χ0v) is 24.4. The number of benzene rings is 7.